The second-order valence-electron chi connectivity index (χ2n) is 8.12. The third kappa shape index (κ3) is 7.58. The molecule has 2 N–H and O–H groups in total. The van der Waals surface area contributed by atoms with Crippen molar-refractivity contribution in [3.05, 3.63) is 94.0 Å². The number of aryl methyl sites for hydroxylation is 1. The van der Waals surface area contributed by atoms with Crippen molar-refractivity contribution in [1.82, 2.24) is 10.7 Å². The molecule has 0 spiro atoms. The first-order chi connectivity index (χ1) is 17.4. The summed E-state index contributed by atoms with van der Waals surface area (Å²) in [6.07, 6.45) is 1.52. The van der Waals surface area contributed by atoms with E-state index in [0.717, 1.165) is 29.9 Å². The van der Waals surface area contributed by atoms with Crippen molar-refractivity contribution in [2.75, 3.05) is 24.5 Å². The third-order valence-electron chi connectivity index (χ3n) is 5.58. The Kier molecular flexibility index (Phi) is 9.89. The zero-order valence-electron chi connectivity index (χ0n) is 20.8. The smallest absolute Gasteiger partial charge is 0.259 e. The van der Waals surface area contributed by atoms with E-state index in [4.69, 9.17) is 16.3 Å². The van der Waals surface area contributed by atoms with Crippen LogP contribution < -0.4 is 20.4 Å². The van der Waals surface area contributed by atoms with Crippen LogP contribution in [0.15, 0.2) is 71.8 Å². The molecule has 8 heteroatoms. The second-order valence-corrected chi connectivity index (χ2v) is 8.52. The van der Waals surface area contributed by atoms with E-state index in [1.54, 1.807) is 12.1 Å². The maximum Gasteiger partial charge on any atom is 0.259 e. The SMILES string of the molecule is CCN(CC)c1ccc(/C=N/NC(=O)CNC(=O)c2ccc(C)cc2)c(OCc2ccccc2Cl)c1. The number of nitrogens with zero attached hydrogens (tertiary/aromatic N) is 2. The molecule has 36 heavy (non-hydrogen) atoms. The van der Waals surface area contributed by atoms with Crippen molar-refractivity contribution >= 4 is 35.3 Å². The molecule has 0 unspecified atom stereocenters. The van der Waals surface area contributed by atoms with Crippen LogP contribution in [-0.4, -0.2) is 37.7 Å². The summed E-state index contributed by atoms with van der Waals surface area (Å²) in [5.41, 5.74) is 6.58. The highest BCUT2D eigenvalue weighted by Gasteiger charge is 2.10. The number of nitrogens with one attached hydrogen (secondary N) is 2. The quantitative estimate of drug-likeness (QED) is 0.284. The molecule has 3 rings (SSSR count). The van der Waals surface area contributed by atoms with Crippen molar-refractivity contribution in [2.24, 2.45) is 5.10 Å². The molecule has 0 aromatic heterocycles. The topological polar surface area (TPSA) is 83.0 Å². The molecule has 0 fully saturated rings. The Morgan fingerprint density at radius 3 is 2.44 bits per heavy atom. The maximum atomic E-state index is 12.2. The van der Waals surface area contributed by atoms with Gasteiger partial charge in [0.25, 0.3) is 11.8 Å². The second kappa shape index (κ2) is 13.3. The van der Waals surface area contributed by atoms with E-state index in [0.29, 0.717) is 28.5 Å². The fraction of sp³-hybridized carbons (Fsp3) is 0.250. The maximum absolute atomic E-state index is 12.2. The lowest BCUT2D eigenvalue weighted by Crippen LogP contribution is -2.34. The predicted octanol–water partition coefficient (Wildman–Crippen LogP) is 4.95. The minimum atomic E-state index is -0.440. The van der Waals surface area contributed by atoms with E-state index in [1.807, 2.05) is 61.5 Å². The first-order valence-corrected chi connectivity index (χ1v) is 12.2. The van der Waals surface area contributed by atoms with Gasteiger partial charge in [-0.15, -0.1) is 0 Å². The Bertz CT molecular complexity index is 1210. The number of hydrogen-bond donors (Lipinski definition) is 2. The zero-order chi connectivity index (χ0) is 25.9. The number of amides is 2. The van der Waals surface area contributed by atoms with Crippen LogP contribution in [0.4, 0.5) is 5.69 Å². The molecule has 0 radical (unpaired) electrons. The normalized spacial score (nSPS) is 10.8. The molecular formula is C28H31ClN4O3. The molecule has 0 aliphatic carbocycles. The Labute approximate surface area is 217 Å². The average molecular weight is 507 g/mol. The highest BCUT2D eigenvalue weighted by Crippen LogP contribution is 2.27. The van der Waals surface area contributed by atoms with Crippen LogP contribution in [0.2, 0.25) is 5.02 Å². The van der Waals surface area contributed by atoms with E-state index in [9.17, 15) is 9.59 Å². The molecule has 0 saturated carbocycles. The number of hydrazone groups is 1. The summed E-state index contributed by atoms with van der Waals surface area (Å²) in [4.78, 5) is 26.6. The number of benzene rings is 3. The fourth-order valence-electron chi connectivity index (χ4n) is 3.49. The minimum absolute atomic E-state index is 0.194. The Balaban J connectivity index is 1.65. The third-order valence-corrected chi connectivity index (χ3v) is 5.95. The van der Waals surface area contributed by atoms with E-state index < -0.39 is 5.91 Å². The van der Waals surface area contributed by atoms with Crippen molar-refractivity contribution in [2.45, 2.75) is 27.4 Å². The lowest BCUT2D eigenvalue weighted by Gasteiger charge is -2.22. The first-order valence-electron chi connectivity index (χ1n) is 11.8. The number of carbonyl (C=O) groups excluding carboxylic acids is 2. The Morgan fingerprint density at radius 2 is 1.75 bits per heavy atom. The molecule has 0 bridgehead atoms. The summed E-state index contributed by atoms with van der Waals surface area (Å²) >= 11 is 6.28. The van der Waals surface area contributed by atoms with Crippen LogP contribution in [0.25, 0.3) is 0 Å². The molecule has 0 aliphatic heterocycles. The van der Waals surface area contributed by atoms with Crippen molar-refractivity contribution in [1.29, 1.82) is 0 Å². The summed E-state index contributed by atoms with van der Waals surface area (Å²) in [7, 11) is 0. The van der Waals surface area contributed by atoms with Crippen LogP contribution in [0.1, 0.15) is 40.9 Å². The largest absolute Gasteiger partial charge is 0.488 e. The van der Waals surface area contributed by atoms with Gasteiger partial charge in [0.2, 0.25) is 0 Å². The van der Waals surface area contributed by atoms with Gasteiger partial charge in [-0.2, -0.15) is 5.10 Å². The number of hydrogen-bond acceptors (Lipinski definition) is 5. The average Bonchev–Trinajstić information content (AvgIpc) is 2.89. The standard InChI is InChI=1S/C28H31ClN4O3/c1-4-33(5-2)24-15-14-22(26(16-24)36-19-23-8-6-7-9-25(23)29)17-31-32-27(34)18-30-28(35)21-12-10-20(3)11-13-21/h6-17H,4-5,18-19H2,1-3H3,(H,30,35)(H,32,34)/b31-17+. The molecule has 188 valence electrons. The van der Waals surface area contributed by atoms with Crippen molar-refractivity contribution in [3.63, 3.8) is 0 Å². The van der Waals surface area contributed by atoms with Crippen LogP contribution >= 0.6 is 11.6 Å². The predicted molar refractivity (Wildman–Crippen MR) is 145 cm³/mol. The van der Waals surface area contributed by atoms with Crippen molar-refractivity contribution in [3.8, 4) is 5.75 Å². The molecule has 7 nitrogen and oxygen atoms in total. The number of anilines is 1. The van der Waals surface area contributed by atoms with Gasteiger partial charge in [-0.3, -0.25) is 9.59 Å². The van der Waals surface area contributed by atoms with Gasteiger partial charge in [-0.05, 0) is 51.1 Å². The molecule has 0 saturated heterocycles. The van der Waals surface area contributed by atoms with Gasteiger partial charge < -0.3 is 15.0 Å². The van der Waals surface area contributed by atoms with Gasteiger partial charge in [-0.1, -0.05) is 47.5 Å². The lowest BCUT2D eigenvalue weighted by atomic mass is 10.1. The summed E-state index contributed by atoms with van der Waals surface area (Å²) < 4.78 is 6.11. The van der Waals surface area contributed by atoms with Gasteiger partial charge in [-0.25, -0.2) is 5.43 Å². The zero-order valence-corrected chi connectivity index (χ0v) is 21.5. The number of ether oxygens (including phenoxy) is 1. The first kappa shape index (κ1) is 26.8. The molecule has 3 aromatic carbocycles. The summed E-state index contributed by atoms with van der Waals surface area (Å²) in [6.45, 7) is 7.95. The summed E-state index contributed by atoms with van der Waals surface area (Å²) in [5.74, 6) is -0.147. The van der Waals surface area contributed by atoms with E-state index in [2.05, 4.69) is 34.6 Å². The minimum Gasteiger partial charge on any atom is -0.488 e. The number of halogens is 1. The van der Waals surface area contributed by atoms with Gasteiger partial charge in [0.1, 0.15) is 12.4 Å². The lowest BCUT2D eigenvalue weighted by molar-refractivity contribution is -0.120. The van der Waals surface area contributed by atoms with Gasteiger partial charge >= 0.3 is 0 Å². The molecule has 3 aromatic rings. The highest BCUT2D eigenvalue weighted by molar-refractivity contribution is 6.31. The molecule has 0 atom stereocenters. The van der Waals surface area contributed by atoms with Crippen molar-refractivity contribution < 1.29 is 14.3 Å². The molecular weight excluding hydrogens is 476 g/mol. The van der Waals surface area contributed by atoms with Crippen LogP contribution in [-0.2, 0) is 11.4 Å². The number of carbonyl (C=O) groups is 2. The molecule has 2 amide bonds. The van der Waals surface area contributed by atoms with E-state index in [-0.39, 0.29) is 12.5 Å². The fourth-order valence-corrected chi connectivity index (χ4v) is 3.68. The Morgan fingerprint density at radius 1 is 1.03 bits per heavy atom. The monoisotopic (exact) mass is 506 g/mol. The highest BCUT2D eigenvalue weighted by atomic mass is 35.5. The number of rotatable bonds is 11. The van der Waals surface area contributed by atoms with Crippen LogP contribution in [0.5, 0.6) is 5.75 Å². The van der Waals surface area contributed by atoms with Crippen LogP contribution in [0.3, 0.4) is 0 Å². The summed E-state index contributed by atoms with van der Waals surface area (Å²) in [6, 6.07) is 20.5. The molecule has 0 heterocycles. The van der Waals surface area contributed by atoms with Gasteiger partial charge in [0, 0.05) is 46.6 Å². The summed E-state index contributed by atoms with van der Waals surface area (Å²) in [5, 5.41) is 7.28. The van der Waals surface area contributed by atoms with E-state index >= 15 is 0 Å². The van der Waals surface area contributed by atoms with E-state index in [1.165, 1.54) is 6.21 Å². The van der Waals surface area contributed by atoms with Gasteiger partial charge in [0.15, 0.2) is 0 Å². The van der Waals surface area contributed by atoms with Gasteiger partial charge in [0.05, 0.1) is 12.8 Å². The Hall–Kier alpha value is -3.84. The van der Waals surface area contributed by atoms with Crippen LogP contribution in [0, 0.1) is 6.92 Å². The molecule has 0 aliphatic rings.